The van der Waals surface area contributed by atoms with E-state index in [2.05, 4.69) is 4.98 Å². The van der Waals surface area contributed by atoms with Crippen molar-refractivity contribution in [2.45, 2.75) is 20.8 Å². The summed E-state index contributed by atoms with van der Waals surface area (Å²) in [5.41, 5.74) is 2.10. The molecule has 0 aliphatic heterocycles. The van der Waals surface area contributed by atoms with Gasteiger partial charge in [0.1, 0.15) is 11.6 Å². The van der Waals surface area contributed by atoms with Gasteiger partial charge in [-0.05, 0) is 32.4 Å². The van der Waals surface area contributed by atoms with Gasteiger partial charge in [0.05, 0.1) is 17.5 Å². The number of aromatic nitrogens is 1. The summed E-state index contributed by atoms with van der Waals surface area (Å²) in [6, 6.07) is 4.65. The molecular formula is C15H16FNO3. The zero-order chi connectivity index (χ0) is 14.7. The van der Waals surface area contributed by atoms with Gasteiger partial charge in [0.25, 0.3) is 0 Å². The zero-order valence-corrected chi connectivity index (χ0v) is 11.7. The summed E-state index contributed by atoms with van der Waals surface area (Å²) in [5, 5.41) is 0.292. The van der Waals surface area contributed by atoms with E-state index in [1.807, 2.05) is 6.92 Å². The van der Waals surface area contributed by atoms with Gasteiger partial charge < -0.3 is 9.47 Å². The molecular weight excluding hydrogens is 261 g/mol. The maximum absolute atomic E-state index is 14.0. The van der Waals surface area contributed by atoms with Gasteiger partial charge in [-0.15, -0.1) is 0 Å². The SMILES string of the molecule is CCOC(=O)COc1cc(C)nc2c(C)ccc(F)c12. The van der Waals surface area contributed by atoms with Crippen molar-refractivity contribution in [1.82, 2.24) is 4.98 Å². The largest absolute Gasteiger partial charge is 0.481 e. The summed E-state index contributed by atoms with van der Waals surface area (Å²) in [7, 11) is 0. The molecule has 2 aromatic rings. The van der Waals surface area contributed by atoms with Crippen molar-refractivity contribution in [3.63, 3.8) is 0 Å². The van der Waals surface area contributed by atoms with E-state index in [9.17, 15) is 9.18 Å². The molecule has 0 unspecified atom stereocenters. The number of nitrogens with zero attached hydrogens (tertiary/aromatic N) is 1. The second-order valence-electron chi connectivity index (χ2n) is 4.44. The second kappa shape index (κ2) is 5.86. The lowest BCUT2D eigenvalue weighted by molar-refractivity contribution is -0.145. The molecule has 0 radical (unpaired) electrons. The first-order chi connectivity index (χ1) is 9.52. The minimum atomic E-state index is -0.483. The summed E-state index contributed by atoms with van der Waals surface area (Å²) in [6.45, 7) is 5.39. The van der Waals surface area contributed by atoms with Gasteiger partial charge in [0.2, 0.25) is 0 Å². The highest BCUT2D eigenvalue weighted by Gasteiger charge is 2.13. The van der Waals surface area contributed by atoms with E-state index in [0.717, 1.165) is 5.56 Å². The summed E-state index contributed by atoms with van der Waals surface area (Å²) in [4.78, 5) is 15.7. The third-order valence-electron chi connectivity index (χ3n) is 2.85. The van der Waals surface area contributed by atoms with Gasteiger partial charge in [-0.1, -0.05) is 6.07 Å². The van der Waals surface area contributed by atoms with Crippen LogP contribution in [0.25, 0.3) is 10.9 Å². The number of carbonyl (C=O) groups is 1. The van der Waals surface area contributed by atoms with Gasteiger partial charge in [-0.2, -0.15) is 0 Å². The minimum absolute atomic E-state index is 0.250. The minimum Gasteiger partial charge on any atom is -0.481 e. The third-order valence-corrected chi connectivity index (χ3v) is 2.85. The molecule has 0 saturated heterocycles. The normalized spacial score (nSPS) is 10.6. The third kappa shape index (κ3) is 2.87. The highest BCUT2D eigenvalue weighted by molar-refractivity contribution is 5.88. The monoisotopic (exact) mass is 277 g/mol. The molecule has 0 aliphatic carbocycles. The van der Waals surface area contributed by atoms with Crippen molar-refractivity contribution >= 4 is 16.9 Å². The first-order valence-electron chi connectivity index (χ1n) is 6.37. The van der Waals surface area contributed by atoms with Crippen LogP contribution < -0.4 is 4.74 Å². The smallest absolute Gasteiger partial charge is 0.344 e. The quantitative estimate of drug-likeness (QED) is 0.806. The predicted octanol–water partition coefficient (Wildman–Crippen LogP) is 2.93. The highest BCUT2D eigenvalue weighted by Crippen LogP contribution is 2.30. The van der Waals surface area contributed by atoms with Crippen LogP contribution in [0, 0.1) is 19.7 Å². The van der Waals surface area contributed by atoms with Crippen LogP contribution in [0.5, 0.6) is 5.75 Å². The summed E-state index contributed by atoms with van der Waals surface area (Å²) in [6.07, 6.45) is 0. The topological polar surface area (TPSA) is 48.4 Å². The average Bonchev–Trinajstić information content (AvgIpc) is 2.40. The standard InChI is InChI=1S/C15H16FNO3/c1-4-19-13(18)8-20-12-7-10(3)17-15-9(2)5-6-11(16)14(12)15/h5-7H,4,8H2,1-3H3. The molecule has 106 valence electrons. The van der Waals surface area contributed by atoms with E-state index in [4.69, 9.17) is 9.47 Å². The van der Waals surface area contributed by atoms with Crippen LogP contribution in [0.2, 0.25) is 0 Å². The number of ether oxygens (including phenoxy) is 2. The van der Waals surface area contributed by atoms with Crippen LogP contribution in [0.4, 0.5) is 4.39 Å². The van der Waals surface area contributed by atoms with Gasteiger partial charge in [0, 0.05) is 11.8 Å². The van der Waals surface area contributed by atoms with Crippen LogP contribution >= 0.6 is 0 Å². The maximum Gasteiger partial charge on any atom is 0.344 e. The molecule has 1 heterocycles. The van der Waals surface area contributed by atoms with Crippen molar-refractivity contribution in [3.05, 3.63) is 35.3 Å². The van der Waals surface area contributed by atoms with E-state index >= 15 is 0 Å². The number of aryl methyl sites for hydroxylation is 2. The molecule has 1 aromatic carbocycles. The van der Waals surface area contributed by atoms with Crippen molar-refractivity contribution in [2.24, 2.45) is 0 Å². The van der Waals surface area contributed by atoms with E-state index < -0.39 is 11.8 Å². The van der Waals surface area contributed by atoms with Crippen molar-refractivity contribution in [2.75, 3.05) is 13.2 Å². The number of hydrogen-bond donors (Lipinski definition) is 0. The van der Waals surface area contributed by atoms with Gasteiger partial charge >= 0.3 is 5.97 Å². The summed E-state index contributed by atoms with van der Waals surface area (Å²) in [5.74, 6) is -0.595. The fourth-order valence-electron chi connectivity index (χ4n) is 1.97. The van der Waals surface area contributed by atoms with Crippen LogP contribution in [-0.4, -0.2) is 24.2 Å². The number of rotatable bonds is 4. The fraction of sp³-hybridized carbons (Fsp3) is 0.333. The zero-order valence-electron chi connectivity index (χ0n) is 11.7. The molecule has 1 aromatic heterocycles. The summed E-state index contributed by atoms with van der Waals surface area (Å²) >= 11 is 0. The number of fused-ring (bicyclic) bond motifs is 1. The number of hydrogen-bond acceptors (Lipinski definition) is 4. The van der Waals surface area contributed by atoms with E-state index in [0.29, 0.717) is 22.3 Å². The Morgan fingerprint density at radius 3 is 2.80 bits per heavy atom. The molecule has 0 aliphatic rings. The Morgan fingerprint density at radius 2 is 2.10 bits per heavy atom. The maximum atomic E-state index is 14.0. The van der Waals surface area contributed by atoms with Gasteiger partial charge in [-0.25, -0.2) is 9.18 Å². The number of esters is 1. The molecule has 0 amide bonds. The Kier molecular flexibility index (Phi) is 4.17. The number of benzene rings is 1. The van der Waals surface area contributed by atoms with E-state index in [1.54, 1.807) is 26.0 Å². The lowest BCUT2D eigenvalue weighted by atomic mass is 10.1. The van der Waals surface area contributed by atoms with Crippen LogP contribution in [0.1, 0.15) is 18.2 Å². The van der Waals surface area contributed by atoms with Crippen LogP contribution in [0.3, 0.4) is 0 Å². The molecule has 0 bridgehead atoms. The van der Waals surface area contributed by atoms with Gasteiger partial charge in [0.15, 0.2) is 6.61 Å². The predicted molar refractivity (Wildman–Crippen MR) is 73.3 cm³/mol. The molecule has 2 rings (SSSR count). The van der Waals surface area contributed by atoms with Crippen LogP contribution in [-0.2, 0) is 9.53 Å². The molecule has 5 heteroatoms. The summed E-state index contributed by atoms with van der Waals surface area (Å²) < 4.78 is 24.2. The number of carbonyl (C=O) groups excluding carboxylic acids is 1. The van der Waals surface area contributed by atoms with Crippen molar-refractivity contribution in [3.8, 4) is 5.75 Å². The Balaban J connectivity index is 2.42. The number of halogens is 1. The first-order valence-corrected chi connectivity index (χ1v) is 6.37. The number of pyridine rings is 1. The molecule has 0 saturated carbocycles. The van der Waals surface area contributed by atoms with Gasteiger partial charge in [-0.3, -0.25) is 4.98 Å². The Labute approximate surface area is 116 Å². The van der Waals surface area contributed by atoms with Crippen molar-refractivity contribution < 1.29 is 18.7 Å². The Morgan fingerprint density at radius 1 is 1.35 bits per heavy atom. The molecule has 0 N–H and O–H groups in total. The van der Waals surface area contributed by atoms with E-state index in [-0.39, 0.29) is 13.2 Å². The molecule has 0 atom stereocenters. The first kappa shape index (κ1) is 14.2. The Hall–Kier alpha value is -2.17. The lowest BCUT2D eigenvalue weighted by Gasteiger charge is -2.11. The average molecular weight is 277 g/mol. The lowest BCUT2D eigenvalue weighted by Crippen LogP contribution is -2.15. The van der Waals surface area contributed by atoms with E-state index in [1.165, 1.54) is 6.07 Å². The Bertz CT molecular complexity index is 655. The molecule has 4 nitrogen and oxygen atoms in total. The molecule has 0 fully saturated rings. The molecule has 0 spiro atoms. The molecule has 20 heavy (non-hydrogen) atoms. The second-order valence-corrected chi connectivity index (χ2v) is 4.44. The van der Waals surface area contributed by atoms with Crippen LogP contribution in [0.15, 0.2) is 18.2 Å². The fourth-order valence-corrected chi connectivity index (χ4v) is 1.97. The van der Waals surface area contributed by atoms with Crippen molar-refractivity contribution in [1.29, 1.82) is 0 Å². The highest BCUT2D eigenvalue weighted by atomic mass is 19.1.